The van der Waals surface area contributed by atoms with Crippen molar-refractivity contribution >= 4 is 17.9 Å². The van der Waals surface area contributed by atoms with Crippen molar-refractivity contribution in [2.75, 3.05) is 0 Å². The van der Waals surface area contributed by atoms with Gasteiger partial charge >= 0.3 is 0 Å². The molecule has 0 heterocycles. The molecule has 3 heteroatoms. The van der Waals surface area contributed by atoms with E-state index in [1.54, 1.807) is 18.2 Å². The van der Waals surface area contributed by atoms with Crippen molar-refractivity contribution in [1.82, 2.24) is 0 Å². The Hall–Kier alpha value is -1.80. The van der Waals surface area contributed by atoms with Crippen LogP contribution in [0, 0.1) is 0 Å². The van der Waals surface area contributed by atoms with Crippen LogP contribution in [0.2, 0.25) is 5.02 Å². The molecule has 2 aromatic rings. The second-order valence-electron chi connectivity index (χ2n) is 3.58. The van der Waals surface area contributed by atoms with Gasteiger partial charge < -0.3 is 4.74 Å². The van der Waals surface area contributed by atoms with E-state index in [1.165, 1.54) is 0 Å². The molecule has 0 atom stereocenters. The minimum Gasteiger partial charge on any atom is -0.487 e. The molecule has 0 aliphatic carbocycles. The molecule has 0 spiro atoms. The molecule has 0 aliphatic rings. The van der Waals surface area contributed by atoms with E-state index in [-0.39, 0.29) is 0 Å². The van der Waals surface area contributed by atoms with Gasteiger partial charge in [-0.25, -0.2) is 0 Å². The van der Waals surface area contributed by atoms with Gasteiger partial charge in [-0.3, -0.25) is 4.79 Å². The van der Waals surface area contributed by atoms with Gasteiger partial charge in [-0.2, -0.15) is 0 Å². The largest absolute Gasteiger partial charge is 0.487 e. The molecule has 0 saturated carbocycles. The first kappa shape index (κ1) is 11.7. The maximum absolute atomic E-state index is 10.6. The Bertz CT molecular complexity index is 509. The van der Waals surface area contributed by atoms with Gasteiger partial charge in [0.15, 0.2) is 0 Å². The number of carbonyl (C=O) groups excluding carboxylic acids is 1. The topological polar surface area (TPSA) is 26.3 Å². The summed E-state index contributed by atoms with van der Waals surface area (Å²) in [5, 5.41) is 0.506. The number of ether oxygens (including phenoxy) is 1. The quantitative estimate of drug-likeness (QED) is 0.769. The summed E-state index contributed by atoms with van der Waals surface area (Å²) in [4.78, 5) is 10.6. The molecule has 0 fully saturated rings. The van der Waals surface area contributed by atoms with Crippen molar-refractivity contribution in [2.24, 2.45) is 0 Å². The van der Waals surface area contributed by atoms with E-state index in [0.717, 1.165) is 11.8 Å². The van der Waals surface area contributed by atoms with Gasteiger partial charge in [0.1, 0.15) is 18.6 Å². The molecule has 0 aromatic heterocycles. The third-order valence-electron chi connectivity index (χ3n) is 2.33. The molecule has 2 rings (SSSR count). The summed E-state index contributed by atoms with van der Waals surface area (Å²) in [5.74, 6) is 0.528. The van der Waals surface area contributed by atoms with Crippen molar-refractivity contribution in [3.63, 3.8) is 0 Å². The van der Waals surface area contributed by atoms with Gasteiger partial charge in [-0.15, -0.1) is 0 Å². The maximum atomic E-state index is 10.6. The molecule has 86 valence electrons. The molecule has 0 N–H and O–H groups in total. The van der Waals surface area contributed by atoms with Gasteiger partial charge in [-0.05, 0) is 23.8 Å². The molecule has 0 radical (unpaired) electrons. The highest BCUT2D eigenvalue weighted by molar-refractivity contribution is 6.32. The molecule has 0 aliphatic heterocycles. The van der Waals surface area contributed by atoms with Gasteiger partial charge in [0, 0.05) is 5.56 Å². The van der Waals surface area contributed by atoms with Crippen LogP contribution >= 0.6 is 11.6 Å². The lowest BCUT2D eigenvalue weighted by molar-refractivity contribution is 0.112. The summed E-state index contributed by atoms with van der Waals surface area (Å²) in [6.45, 7) is 0.433. The summed E-state index contributed by atoms with van der Waals surface area (Å²) < 4.78 is 5.57. The Morgan fingerprint density at radius 2 is 1.88 bits per heavy atom. The zero-order valence-corrected chi connectivity index (χ0v) is 9.85. The molecular weight excluding hydrogens is 236 g/mol. The van der Waals surface area contributed by atoms with Crippen LogP contribution in [0.5, 0.6) is 5.75 Å². The van der Waals surface area contributed by atoms with Gasteiger partial charge in [0.2, 0.25) is 0 Å². The van der Waals surface area contributed by atoms with Crippen molar-refractivity contribution < 1.29 is 9.53 Å². The highest BCUT2D eigenvalue weighted by atomic mass is 35.5. The fraction of sp³-hybridized carbons (Fsp3) is 0.0714. The SMILES string of the molecule is O=Cc1ccc(Cl)c(OCc2ccccc2)c1. The number of hydrogen-bond acceptors (Lipinski definition) is 2. The van der Waals surface area contributed by atoms with Crippen molar-refractivity contribution in [3.8, 4) is 5.75 Å². The third kappa shape index (κ3) is 3.08. The van der Waals surface area contributed by atoms with Crippen molar-refractivity contribution in [2.45, 2.75) is 6.61 Å². The Morgan fingerprint density at radius 3 is 2.59 bits per heavy atom. The average molecular weight is 247 g/mol. The van der Waals surface area contributed by atoms with E-state index >= 15 is 0 Å². The Morgan fingerprint density at radius 1 is 1.12 bits per heavy atom. The Balaban J connectivity index is 2.11. The standard InChI is InChI=1S/C14H11ClO2/c15-13-7-6-12(9-16)8-14(13)17-10-11-4-2-1-3-5-11/h1-9H,10H2. The molecular formula is C14H11ClO2. The van der Waals surface area contributed by atoms with E-state index in [2.05, 4.69) is 0 Å². The number of benzene rings is 2. The summed E-state index contributed by atoms with van der Waals surface area (Å²) in [7, 11) is 0. The van der Waals surface area contributed by atoms with Crippen molar-refractivity contribution in [1.29, 1.82) is 0 Å². The van der Waals surface area contributed by atoms with E-state index in [1.807, 2.05) is 30.3 Å². The Kier molecular flexibility index (Phi) is 3.78. The molecule has 0 saturated heterocycles. The number of halogens is 1. The lowest BCUT2D eigenvalue weighted by Crippen LogP contribution is -1.96. The first-order chi connectivity index (χ1) is 8.29. The van der Waals surface area contributed by atoms with Crippen LogP contribution in [0.3, 0.4) is 0 Å². The first-order valence-electron chi connectivity index (χ1n) is 5.21. The summed E-state index contributed by atoms with van der Waals surface area (Å²) >= 11 is 5.98. The number of hydrogen-bond donors (Lipinski definition) is 0. The van der Waals surface area contributed by atoms with E-state index in [0.29, 0.717) is 22.9 Å². The summed E-state index contributed by atoms with van der Waals surface area (Å²) in [6.07, 6.45) is 0.770. The van der Waals surface area contributed by atoms with Crippen LogP contribution in [0.25, 0.3) is 0 Å². The molecule has 0 bridgehead atoms. The highest BCUT2D eigenvalue weighted by Crippen LogP contribution is 2.25. The van der Waals surface area contributed by atoms with Crippen LogP contribution in [0.1, 0.15) is 15.9 Å². The smallest absolute Gasteiger partial charge is 0.150 e. The fourth-order valence-electron chi connectivity index (χ4n) is 1.44. The molecule has 0 amide bonds. The lowest BCUT2D eigenvalue weighted by Gasteiger charge is -2.08. The minimum absolute atomic E-state index is 0.433. The van der Waals surface area contributed by atoms with E-state index in [4.69, 9.17) is 16.3 Å². The second-order valence-corrected chi connectivity index (χ2v) is 3.99. The number of rotatable bonds is 4. The third-order valence-corrected chi connectivity index (χ3v) is 2.64. The normalized spacial score (nSPS) is 9.94. The van der Waals surface area contributed by atoms with Crippen LogP contribution in [-0.4, -0.2) is 6.29 Å². The second kappa shape index (κ2) is 5.51. The van der Waals surface area contributed by atoms with E-state index < -0.39 is 0 Å². The fourth-order valence-corrected chi connectivity index (χ4v) is 1.61. The van der Waals surface area contributed by atoms with Gasteiger partial charge in [0.05, 0.1) is 5.02 Å². The average Bonchev–Trinajstić information content (AvgIpc) is 2.39. The van der Waals surface area contributed by atoms with Crippen LogP contribution in [0.4, 0.5) is 0 Å². The zero-order chi connectivity index (χ0) is 12.1. The monoisotopic (exact) mass is 246 g/mol. The molecule has 2 aromatic carbocycles. The number of aldehydes is 1. The summed E-state index contributed by atoms with van der Waals surface area (Å²) in [6, 6.07) is 14.7. The predicted molar refractivity (Wildman–Crippen MR) is 67.6 cm³/mol. The summed E-state index contributed by atoms with van der Waals surface area (Å²) in [5.41, 5.74) is 1.61. The molecule has 2 nitrogen and oxygen atoms in total. The van der Waals surface area contributed by atoms with Gasteiger partial charge in [-0.1, -0.05) is 41.9 Å². The minimum atomic E-state index is 0.433. The number of carbonyl (C=O) groups is 1. The van der Waals surface area contributed by atoms with E-state index in [9.17, 15) is 4.79 Å². The van der Waals surface area contributed by atoms with Crippen LogP contribution in [-0.2, 0) is 6.61 Å². The Labute approximate surface area is 105 Å². The lowest BCUT2D eigenvalue weighted by atomic mass is 10.2. The zero-order valence-electron chi connectivity index (χ0n) is 9.10. The molecule has 17 heavy (non-hydrogen) atoms. The van der Waals surface area contributed by atoms with Crippen molar-refractivity contribution in [3.05, 3.63) is 64.7 Å². The van der Waals surface area contributed by atoms with Gasteiger partial charge in [0.25, 0.3) is 0 Å². The van der Waals surface area contributed by atoms with Crippen LogP contribution in [0.15, 0.2) is 48.5 Å². The first-order valence-corrected chi connectivity index (χ1v) is 5.59. The maximum Gasteiger partial charge on any atom is 0.150 e. The highest BCUT2D eigenvalue weighted by Gasteiger charge is 2.03. The molecule has 0 unspecified atom stereocenters. The van der Waals surface area contributed by atoms with Crippen LogP contribution < -0.4 is 4.74 Å². The predicted octanol–water partition coefficient (Wildman–Crippen LogP) is 3.73.